The molecule has 1 amide bonds. The molecule has 2 aromatic rings. The molecule has 262 valence electrons. The van der Waals surface area contributed by atoms with Gasteiger partial charge in [0.15, 0.2) is 9.84 Å². The Labute approximate surface area is 278 Å². The molecule has 0 radical (unpaired) electrons. The molecule has 3 rings (SSSR count). The Kier molecular flexibility index (Phi) is 15.7. The number of carbonyl (C=O) groups is 2. The summed E-state index contributed by atoms with van der Waals surface area (Å²) >= 11 is 0. The third-order valence-electron chi connectivity index (χ3n) is 8.65. The lowest BCUT2D eigenvalue weighted by atomic mass is 9.97. The van der Waals surface area contributed by atoms with Crippen LogP contribution in [0.5, 0.6) is 0 Å². The highest BCUT2D eigenvalue weighted by Gasteiger charge is 2.36. The molecule has 0 aromatic heterocycles. The maximum absolute atomic E-state index is 14.0. The molecule has 1 heterocycles. The Balaban J connectivity index is 1.85. The van der Waals surface area contributed by atoms with Crippen molar-refractivity contribution in [2.75, 3.05) is 25.4 Å². The smallest absolute Gasteiger partial charge is 0.330 e. The molecule has 0 aliphatic carbocycles. The minimum atomic E-state index is -3.80. The third kappa shape index (κ3) is 12.6. The third-order valence-corrected chi connectivity index (χ3v) is 10.9. The number of nitrogens with two attached hydrogens (primary N) is 1. The van der Waals surface area contributed by atoms with Gasteiger partial charge >= 0.3 is 5.97 Å². The van der Waals surface area contributed by atoms with Crippen molar-refractivity contribution in [2.24, 2.45) is 11.7 Å². The van der Waals surface area contributed by atoms with Crippen LogP contribution in [0.15, 0.2) is 42.5 Å². The number of benzene rings is 2. The van der Waals surface area contributed by atoms with Crippen LogP contribution in [0.4, 0.5) is 8.78 Å². The van der Waals surface area contributed by atoms with E-state index in [0.29, 0.717) is 58.2 Å². The maximum atomic E-state index is 14.0. The largest absolute Gasteiger partial charge is 0.458 e. The molecule has 0 bridgehead atoms. The van der Waals surface area contributed by atoms with Crippen LogP contribution >= 0.6 is 0 Å². The Hall–Kier alpha value is -2.93. The summed E-state index contributed by atoms with van der Waals surface area (Å²) in [4.78, 5) is 27.1. The van der Waals surface area contributed by atoms with Crippen molar-refractivity contribution >= 4 is 21.7 Å². The predicted molar refractivity (Wildman–Crippen MR) is 180 cm³/mol. The highest BCUT2D eigenvalue weighted by Crippen LogP contribution is 2.19. The lowest BCUT2D eigenvalue weighted by Gasteiger charge is -2.29. The van der Waals surface area contributed by atoms with Gasteiger partial charge in [-0.1, -0.05) is 57.9 Å². The number of piperidine rings is 1. The van der Waals surface area contributed by atoms with Crippen molar-refractivity contribution in [1.82, 2.24) is 16.0 Å². The number of carbonyl (C=O) groups excluding carboxylic acids is 2. The SMILES string of the molecule is CCCC(CCC)S(=O)(=O)C[C@H](NC(=O)C1CCNCC1)C(=O)O[C@H](CNCc1cccc(CC)c1)[C@@H](N)Cc1cc(F)cc(F)c1. The second kappa shape index (κ2) is 19.2. The molecule has 1 fully saturated rings. The van der Waals surface area contributed by atoms with E-state index in [4.69, 9.17) is 10.5 Å². The summed E-state index contributed by atoms with van der Waals surface area (Å²) < 4.78 is 61.1. The summed E-state index contributed by atoms with van der Waals surface area (Å²) in [5.74, 6) is -3.78. The normalized spacial score (nSPS) is 16.1. The Morgan fingerprint density at radius 1 is 0.979 bits per heavy atom. The first-order valence-corrected chi connectivity index (χ1v) is 18.6. The fourth-order valence-electron chi connectivity index (χ4n) is 6.02. The van der Waals surface area contributed by atoms with Crippen LogP contribution in [0.1, 0.15) is 76.0 Å². The Bertz CT molecular complexity index is 1380. The van der Waals surface area contributed by atoms with E-state index in [9.17, 15) is 26.8 Å². The van der Waals surface area contributed by atoms with Crippen molar-refractivity contribution in [3.63, 3.8) is 0 Å². The van der Waals surface area contributed by atoms with Crippen LogP contribution in [-0.2, 0) is 43.5 Å². The zero-order valence-corrected chi connectivity index (χ0v) is 28.7. The quantitative estimate of drug-likeness (QED) is 0.164. The Morgan fingerprint density at radius 3 is 2.23 bits per heavy atom. The van der Waals surface area contributed by atoms with Crippen LogP contribution in [-0.4, -0.2) is 69.1 Å². The van der Waals surface area contributed by atoms with Crippen LogP contribution in [0.2, 0.25) is 0 Å². The number of halogens is 2. The van der Waals surface area contributed by atoms with Gasteiger partial charge in [0, 0.05) is 31.1 Å². The van der Waals surface area contributed by atoms with Gasteiger partial charge in [-0.3, -0.25) is 4.79 Å². The van der Waals surface area contributed by atoms with Gasteiger partial charge in [0.1, 0.15) is 23.8 Å². The molecule has 5 N–H and O–H groups in total. The molecule has 47 heavy (non-hydrogen) atoms. The van der Waals surface area contributed by atoms with Crippen LogP contribution in [0.25, 0.3) is 0 Å². The van der Waals surface area contributed by atoms with Crippen molar-refractivity contribution < 1.29 is 31.5 Å². The van der Waals surface area contributed by atoms with Crippen LogP contribution in [0.3, 0.4) is 0 Å². The fraction of sp³-hybridized carbons (Fsp3) is 0.600. The molecule has 1 saturated heterocycles. The summed E-state index contributed by atoms with van der Waals surface area (Å²) in [5.41, 5.74) is 8.97. The number of esters is 1. The molecule has 1 aliphatic rings. The lowest BCUT2D eigenvalue weighted by molar-refractivity contribution is -0.153. The zero-order chi connectivity index (χ0) is 34.4. The second-order valence-corrected chi connectivity index (χ2v) is 14.9. The summed E-state index contributed by atoms with van der Waals surface area (Å²) in [6.45, 7) is 7.68. The van der Waals surface area contributed by atoms with Gasteiger partial charge in [0.2, 0.25) is 5.91 Å². The Morgan fingerprint density at radius 2 is 1.62 bits per heavy atom. The number of hydrogen-bond donors (Lipinski definition) is 4. The molecule has 0 saturated carbocycles. The summed E-state index contributed by atoms with van der Waals surface area (Å²) in [6, 6.07) is 8.76. The van der Waals surface area contributed by atoms with Crippen molar-refractivity contribution in [1.29, 1.82) is 0 Å². The summed E-state index contributed by atoms with van der Waals surface area (Å²) in [6.07, 6.45) is 3.18. The predicted octanol–water partition coefficient (Wildman–Crippen LogP) is 3.97. The maximum Gasteiger partial charge on any atom is 0.330 e. The average molecular weight is 679 g/mol. The molecule has 0 spiro atoms. The first kappa shape index (κ1) is 38.5. The minimum Gasteiger partial charge on any atom is -0.458 e. The highest BCUT2D eigenvalue weighted by atomic mass is 32.2. The van der Waals surface area contributed by atoms with Crippen molar-refractivity contribution in [3.05, 3.63) is 70.8 Å². The van der Waals surface area contributed by atoms with Gasteiger partial charge in [-0.05, 0) is 80.4 Å². The number of ether oxygens (including phenoxy) is 1. The van der Waals surface area contributed by atoms with Crippen LogP contribution < -0.4 is 21.7 Å². The van der Waals surface area contributed by atoms with Gasteiger partial charge in [0.05, 0.1) is 11.0 Å². The fourth-order valence-corrected chi connectivity index (χ4v) is 8.17. The van der Waals surface area contributed by atoms with E-state index in [1.54, 1.807) is 0 Å². The van der Waals surface area contributed by atoms with Crippen molar-refractivity contribution in [2.45, 2.75) is 102 Å². The molecular formula is C35H52F2N4O5S. The van der Waals surface area contributed by atoms with E-state index in [1.807, 2.05) is 32.0 Å². The van der Waals surface area contributed by atoms with Gasteiger partial charge in [-0.2, -0.15) is 0 Å². The molecular weight excluding hydrogens is 626 g/mol. The number of amides is 1. The molecule has 0 unspecified atom stereocenters. The van der Waals surface area contributed by atoms with Crippen LogP contribution in [0, 0.1) is 17.6 Å². The molecule has 3 atom stereocenters. The average Bonchev–Trinajstić information content (AvgIpc) is 3.03. The van der Waals surface area contributed by atoms with E-state index >= 15 is 0 Å². The molecule has 1 aliphatic heterocycles. The number of hydrogen-bond acceptors (Lipinski definition) is 8. The number of aryl methyl sites for hydroxylation is 1. The zero-order valence-electron chi connectivity index (χ0n) is 27.9. The monoisotopic (exact) mass is 678 g/mol. The van der Waals surface area contributed by atoms with E-state index in [1.165, 1.54) is 12.1 Å². The highest BCUT2D eigenvalue weighted by molar-refractivity contribution is 7.92. The minimum absolute atomic E-state index is 0.0148. The first-order chi connectivity index (χ1) is 22.4. The topological polar surface area (TPSA) is 140 Å². The van der Waals surface area contributed by atoms with Gasteiger partial charge in [0.25, 0.3) is 0 Å². The van der Waals surface area contributed by atoms with E-state index in [0.717, 1.165) is 23.6 Å². The van der Waals surface area contributed by atoms with Gasteiger partial charge in [-0.25, -0.2) is 22.0 Å². The standard InChI is InChI=1S/C35H52F2N4O5S/c1-4-8-30(9-5-2)47(44,45)23-32(41-34(42)27-12-14-39-15-13-27)35(43)46-33(22-40-21-25-11-7-10-24(6-3)16-25)31(38)19-26-17-28(36)20-29(37)18-26/h7,10-11,16-18,20,27,30-33,39-40H,4-6,8-9,12-15,19,21-23,38H2,1-3H3,(H,41,42)/t31-,32-,33+/m0/s1. The molecule has 2 aromatic carbocycles. The summed E-state index contributed by atoms with van der Waals surface area (Å²) in [7, 11) is -3.80. The van der Waals surface area contributed by atoms with E-state index < -0.39 is 62.5 Å². The second-order valence-electron chi connectivity index (χ2n) is 12.5. The van der Waals surface area contributed by atoms with E-state index in [2.05, 4.69) is 28.9 Å². The van der Waals surface area contributed by atoms with Crippen molar-refractivity contribution in [3.8, 4) is 0 Å². The number of rotatable bonds is 19. The number of sulfone groups is 1. The first-order valence-electron chi connectivity index (χ1n) is 16.9. The van der Waals surface area contributed by atoms with Gasteiger partial charge < -0.3 is 26.4 Å². The van der Waals surface area contributed by atoms with E-state index in [-0.39, 0.29) is 24.4 Å². The molecule has 9 nitrogen and oxygen atoms in total. The summed E-state index contributed by atoms with van der Waals surface area (Å²) in [5, 5.41) is 8.51. The van der Waals surface area contributed by atoms with Gasteiger partial charge in [-0.15, -0.1) is 0 Å². The molecule has 12 heteroatoms. The lowest BCUT2D eigenvalue weighted by Crippen LogP contribution is -2.53. The number of nitrogens with one attached hydrogen (secondary N) is 3.